The van der Waals surface area contributed by atoms with Crippen LogP contribution in [-0.4, -0.2) is 16.2 Å². The molecule has 144 valence electrons. The third kappa shape index (κ3) is 3.72. The SMILES string of the molecule is CCn1c(=O)cc(SCC(=O)N[C@H]2CCCc3ccccc32)c2ccccc21. The van der Waals surface area contributed by atoms with Crippen molar-refractivity contribution >= 4 is 28.6 Å². The van der Waals surface area contributed by atoms with Crippen LogP contribution in [0.3, 0.4) is 0 Å². The molecule has 1 atom stereocenters. The Morgan fingerprint density at radius 3 is 2.82 bits per heavy atom. The van der Waals surface area contributed by atoms with Gasteiger partial charge in [0, 0.05) is 22.9 Å². The summed E-state index contributed by atoms with van der Waals surface area (Å²) < 4.78 is 1.76. The molecule has 0 fully saturated rings. The molecule has 0 saturated heterocycles. The summed E-state index contributed by atoms with van der Waals surface area (Å²) in [6, 6.07) is 18.0. The molecule has 0 bridgehead atoms. The van der Waals surface area contributed by atoms with Crippen molar-refractivity contribution in [3.05, 3.63) is 76.1 Å². The number of benzene rings is 2. The van der Waals surface area contributed by atoms with E-state index in [4.69, 9.17) is 0 Å². The monoisotopic (exact) mass is 392 g/mol. The minimum Gasteiger partial charge on any atom is -0.349 e. The number of nitrogens with one attached hydrogen (secondary N) is 1. The van der Waals surface area contributed by atoms with Gasteiger partial charge in [0.1, 0.15) is 0 Å². The minimum absolute atomic E-state index is 0.00968. The molecule has 0 aliphatic heterocycles. The van der Waals surface area contributed by atoms with E-state index in [-0.39, 0.29) is 17.5 Å². The highest BCUT2D eigenvalue weighted by molar-refractivity contribution is 8.00. The summed E-state index contributed by atoms with van der Waals surface area (Å²) in [5, 5.41) is 4.21. The number of rotatable bonds is 5. The van der Waals surface area contributed by atoms with Crippen LogP contribution in [0.25, 0.3) is 10.9 Å². The van der Waals surface area contributed by atoms with E-state index in [1.165, 1.54) is 22.9 Å². The van der Waals surface area contributed by atoms with Crippen molar-refractivity contribution < 1.29 is 4.79 Å². The molecule has 0 spiro atoms. The summed E-state index contributed by atoms with van der Waals surface area (Å²) >= 11 is 1.44. The number of hydrogen-bond donors (Lipinski definition) is 1. The maximum absolute atomic E-state index is 12.6. The van der Waals surface area contributed by atoms with E-state index in [9.17, 15) is 9.59 Å². The lowest BCUT2D eigenvalue weighted by atomic mass is 9.88. The van der Waals surface area contributed by atoms with Gasteiger partial charge < -0.3 is 9.88 Å². The van der Waals surface area contributed by atoms with Crippen LogP contribution in [0.1, 0.15) is 36.9 Å². The van der Waals surface area contributed by atoms with E-state index in [0.717, 1.165) is 35.1 Å². The minimum atomic E-state index is -0.0229. The lowest BCUT2D eigenvalue weighted by Crippen LogP contribution is -2.32. The molecule has 3 aromatic rings. The fraction of sp³-hybridized carbons (Fsp3) is 0.304. The second-order valence-corrected chi connectivity index (χ2v) is 8.13. The highest BCUT2D eigenvalue weighted by Gasteiger charge is 2.21. The van der Waals surface area contributed by atoms with Crippen LogP contribution < -0.4 is 10.9 Å². The topological polar surface area (TPSA) is 51.1 Å². The van der Waals surface area contributed by atoms with Gasteiger partial charge in [-0.2, -0.15) is 0 Å². The second kappa shape index (κ2) is 8.23. The van der Waals surface area contributed by atoms with Gasteiger partial charge in [0.05, 0.1) is 17.3 Å². The first-order chi connectivity index (χ1) is 13.7. The Morgan fingerprint density at radius 1 is 1.18 bits per heavy atom. The number of nitrogens with zero attached hydrogens (tertiary/aromatic N) is 1. The van der Waals surface area contributed by atoms with Crippen molar-refractivity contribution in [2.75, 3.05) is 5.75 Å². The van der Waals surface area contributed by atoms with E-state index in [1.54, 1.807) is 10.6 Å². The number of fused-ring (bicyclic) bond motifs is 2. The lowest BCUT2D eigenvalue weighted by Gasteiger charge is -2.26. The number of para-hydroxylation sites is 1. The summed E-state index contributed by atoms with van der Waals surface area (Å²) in [5.41, 5.74) is 3.47. The number of amides is 1. The van der Waals surface area contributed by atoms with Gasteiger partial charge in [-0.15, -0.1) is 11.8 Å². The van der Waals surface area contributed by atoms with Crippen LogP contribution in [0.5, 0.6) is 0 Å². The zero-order valence-electron chi connectivity index (χ0n) is 16.0. The summed E-state index contributed by atoms with van der Waals surface area (Å²) in [6.07, 6.45) is 3.15. The van der Waals surface area contributed by atoms with Crippen molar-refractivity contribution in [2.45, 2.75) is 43.7 Å². The summed E-state index contributed by atoms with van der Waals surface area (Å²) in [4.78, 5) is 25.9. The lowest BCUT2D eigenvalue weighted by molar-refractivity contribution is -0.119. The standard InChI is InChI=1S/C23H24N2O2S/c1-2-25-20-13-6-5-11-18(20)21(14-23(25)27)28-15-22(26)24-19-12-7-9-16-8-3-4-10-17(16)19/h3-6,8,10-11,13-14,19H,2,7,9,12,15H2,1H3,(H,24,26)/t19-/m0/s1. The zero-order chi connectivity index (χ0) is 19.5. The third-order valence-electron chi connectivity index (χ3n) is 5.36. The number of aryl methyl sites for hydroxylation is 2. The van der Waals surface area contributed by atoms with Gasteiger partial charge in [-0.3, -0.25) is 9.59 Å². The molecule has 4 rings (SSSR count). The number of aromatic nitrogens is 1. The van der Waals surface area contributed by atoms with Gasteiger partial charge >= 0.3 is 0 Å². The number of carbonyl (C=O) groups is 1. The molecule has 1 heterocycles. The van der Waals surface area contributed by atoms with Crippen LogP contribution in [-0.2, 0) is 17.8 Å². The third-order valence-corrected chi connectivity index (χ3v) is 6.42. The predicted octanol–water partition coefficient (Wildman–Crippen LogP) is 4.31. The van der Waals surface area contributed by atoms with Crippen molar-refractivity contribution in [1.82, 2.24) is 9.88 Å². The number of thioether (sulfide) groups is 1. The maximum atomic E-state index is 12.6. The van der Waals surface area contributed by atoms with E-state index >= 15 is 0 Å². The molecule has 1 aliphatic rings. The first-order valence-electron chi connectivity index (χ1n) is 9.80. The Labute approximate surface area is 169 Å². The Hall–Kier alpha value is -2.53. The normalized spacial score (nSPS) is 16.0. The first kappa shape index (κ1) is 18.8. The Bertz CT molecular complexity index is 1070. The zero-order valence-corrected chi connectivity index (χ0v) is 16.8. The molecule has 1 amide bonds. The summed E-state index contributed by atoms with van der Waals surface area (Å²) in [5.74, 6) is 0.313. The smallest absolute Gasteiger partial charge is 0.252 e. The van der Waals surface area contributed by atoms with Crippen molar-refractivity contribution in [3.8, 4) is 0 Å². The van der Waals surface area contributed by atoms with Crippen molar-refractivity contribution in [3.63, 3.8) is 0 Å². The van der Waals surface area contributed by atoms with Gasteiger partial charge in [0.15, 0.2) is 0 Å². The fourth-order valence-electron chi connectivity index (χ4n) is 4.03. The predicted molar refractivity (Wildman–Crippen MR) is 115 cm³/mol. The first-order valence-corrected chi connectivity index (χ1v) is 10.8. The summed E-state index contributed by atoms with van der Waals surface area (Å²) in [6.45, 7) is 2.60. The van der Waals surface area contributed by atoms with E-state index < -0.39 is 0 Å². The van der Waals surface area contributed by atoms with Crippen molar-refractivity contribution in [2.24, 2.45) is 0 Å². The fourth-order valence-corrected chi connectivity index (χ4v) is 4.91. The molecular formula is C23H24N2O2S. The van der Waals surface area contributed by atoms with Gasteiger partial charge in [0.2, 0.25) is 5.91 Å². The van der Waals surface area contributed by atoms with Crippen LogP contribution in [0, 0.1) is 0 Å². The quantitative estimate of drug-likeness (QED) is 0.659. The molecule has 2 aromatic carbocycles. The molecule has 1 N–H and O–H groups in total. The van der Waals surface area contributed by atoms with Gasteiger partial charge in [-0.1, -0.05) is 42.5 Å². The van der Waals surface area contributed by atoms with E-state index in [1.807, 2.05) is 37.3 Å². The largest absolute Gasteiger partial charge is 0.349 e. The molecule has 28 heavy (non-hydrogen) atoms. The van der Waals surface area contributed by atoms with Crippen LogP contribution in [0.2, 0.25) is 0 Å². The second-order valence-electron chi connectivity index (χ2n) is 7.11. The Balaban J connectivity index is 1.50. The highest BCUT2D eigenvalue weighted by atomic mass is 32.2. The van der Waals surface area contributed by atoms with Crippen LogP contribution in [0.15, 0.2) is 64.3 Å². The van der Waals surface area contributed by atoms with Crippen LogP contribution >= 0.6 is 11.8 Å². The Morgan fingerprint density at radius 2 is 1.96 bits per heavy atom. The summed E-state index contributed by atoms with van der Waals surface area (Å²) in [7, 11) is 0. The molecule has 5 heteroatoms. The Kier molecular flexibility index (Phi) is 5.53. The number of hydrogen-bond acceptors (Lipinski definition) is 3. The molecule has 0 radical (unpaired) electrons. The van der Waals surface area contributed by atoms with Crippen molar-refractivity contribution in [1.29, 1.82) is 0 Å². The van der Waals surface area contributed by atoms with Gasteiger partial charge in [-0.05, 0) is 43.4 Å². The maximum Gasteiger partial charge on any atom is 0.252 e. The molecule has 1 aliphatic carbocycles. The number of carbonyl (C=O) groups excluding carboxylic acids is 1. The van der Waals surface area contributed by atoms with Gasteiger partial charge in [-0.25, -0.2) is 0 Å². The molecule has 0 saturated carbocycles. The molecular weight excluding hydrogens is 368 g/mol. The average molecular weight is 393 g/mol. The molecule has 1 aromatic heterocycles. The molecule has 0 unspecified atom stereocenters. The van der Waals surface area contributed by atoms with E-state index in [2.05, 4.69) is 23.5 Å². The van der Waals surface area contributed by atoms with Crippen LogP contribution in [0.4, 0.5) is 0 Å². The van der Waals surface area contributed by atoms with Gasteiger partial charge in [0.25, 0.3) is 5.56 Å². The highest BCUT2D eigenvalue weighted by Crippen LogP contribution is 2.30. The number of pyridine rings is 1. The van der Waals surface area contributed by atoms with E-state index in [0.29, 0.717) is 12.3 Å². The average Bonchev–Trinajstić information content (AvgIpc) is 2.72. The molecule has 4 nitrogen and oxygen atoms in total.